The molecule has 0 aliphatic heterocycles. The minimum atomic E-state index is -0.0100. The van der Waals surface area contributed by atoms with E-state index < -0.39 is 0 Å². The molecular weight excluding hydrogens is 336 g/mol. The van der Waals surface area contributed by atoms with E-state index in [2.05, 4.69) is 21.7 Å². The molecule has 1 amide bonds. The van der Waals surface area contributed by atoms with E-state index in [1.807, 2.05) is 53.2 Å². The van der Waals surface area contributed by atoms with Crippen LogP contribution in [0.1, 0.15) is 48.0 Å². The number of carbonyl (C=O) groups excluding carboxylic acids is 1. The monoisotopic (exact) mass is 360 g/mol. The van der Waals surface area contributed by atoms with Crippen molar-refractivity contribution < 1.29 is 4.79 Å². The van der Waals surface area contributed by atoms with Gasteiger partial charge < -0.3 is 5.32 Å². The molecule has 1 N–H and O–H groups in total. The topological polar surface area (TPSA) is 59.8 Å². The highest BCUT2D eigenvalue weighted by Crippen LogP contribution is 2.19. The molecule has 138 valence electrons. The number of carbonyl (C=O) groups is 1. The molecule has 1 aromatic heterocycles. The first-order valence-corrected chi connectivity index (χ1v) is 9.63. The van der Waals surface area contributed by atoms with Crippen molar-refractivity contribution in [2.45, 2.75) is 38.6 Å². The number of rotatable bonds is 6. The van der Waals surface area contributed by atoms with Crippen LogP contribution in [-0.2, 0) is 6.54 Å². The van der Waals surface area contributed by atoms with Gasteiger partial charge in [0.15, 0.2) is 0 Å². The molecule has 3 aromatic rings. The number of fused-ring (bicyclic) bond motifs is 1. The summed E-state index contributed by atoms with van der Waals surface area (Å²) in [6.45, 7) is 1.34. The molecule has 0 atom stereocenters. The number of nitrogens with zero attached hydrogens (tertiary/aromatic N) is 3. The molecule has 0 radical (unpaired) electrons. The van der Waals surface area contributed by atoms with Crippen molar-refractivity contribution in [3.63, 3.8) is 0 Å². The maximum atomic E-state index is 12.3. The van der Waals surface area contributed by atoms with Gasteiger partial charge in [0.25, 0.3) is 5.91 Å². The zero-order valence-electron chi connectivity index (χ0n) is 15.4. The number of benzene rings is 2. The van der Waals surface area contributed by atoms with Gasteiger partial charge in [-0.1, -0.05) is 41.1 Å². The van der Waals surface area contributed by atoms with Gasteiger partial charge in [0.05, 0.1) is 12.1 Å². The largest absolute Gasteiger partial charge is 0.352 e. The van der Waals surface area contributed by atoms with E-state index >= 15 is 0 Å². The van der Waals surface area contributed by atoms with Crippen LogP contribution in [0.15, 0.2) is 60.2 Å². The smallest absolute Gasteiger partial charge is 0.251 e. The Labute approximate surface area is 159 Å². The molecule has 5 heteroatoms. The fourth-order valence-electron chi connectivity index (χ4n) is 3.54. The molecule has 0 saturated heterocycles. The number of hydrogen-bond donors (Lipinski definition) is 1. The first-order valence-electron chi connectivity index (χ1n) is 9.63. The highest BCUT2D eigenvalue weighted by molar-refractivity contribution is 5.94. The third-order valence-electron chi connectivity index (χ3n) is 5.09. The third kappa shape index (κ3) is 4.25. The normalized spacial score (nSPS) is 14.1. The zero-order valence-corrected chi connectivity index (χ0v) is 15.4. The summed E-state index contributed by atoms with van der Waals surface area (Å²) in [5, 5.41) is 11.4. The lowest BCUT2D eigenvalue weighted by atomic mass is 9.97. The van der Waals surface area contributed by atoms with Gasteiger partial charge in [-0.05, 0) is 61.9 Å². The van der Waals surface area contributed by atoms with Gasteiger partial charge in [0.1, 0.15) is 5.52 Å². The molecule has 0 bridgehead atoms. The van der Waals surface area contributed by atoms with E-state index in [-0.39, 0.29) is 5.91 Å². The van der Waals surface area contributed by atoms with Crippen LogP contribution in [0.4, 0.5) is 0 Å². The highest BCUT2D eigenvalue weighted by atomic mass is 16.1. The molecule has 0 unspecified atom stereocenters. The van der Waals surface area contributed by atoms with Crippen molar-refractivity contribution in [2.24, 2.45) is 0 Å². The summed E-state index contributed by atoms with van der Waals surface area (Å²) < 4.78 is 1.88. The second-order valence-corrected chi connectivity index (χ2v) is 7.05. The highest BCUT2D eigenvalue weighted by Gasteiger charge is 2.08. The molecule has 0 saturated carbocycles. The van der Waals surface area contributed by atoms with Crippen LogP contribution in [0, 0.1) is 0 Å². The van der Waals surface area contributed by atoms with E-state index in [0.29, 0.717) is 18.7 Å². The number of allylic oxidation sites excluding steroid dienone is 1. The summed E-state index contributed by atoms with van der Waals surface area (Å²) in [5.74, 6) is -0.0100. The molecule has 5 nitrogen and oxygen atoms in total. The maximum Gasteiger partial charge on any atom is 0.251 e. The van der Waals surface area contributed by atoms with Crippen LogP contribution in [0.2, 0.25) is 0 Å². The zero-order chi connectivity index (χ0) is 18.5. The molecule has 4 rings (SSSR count). The van der Waals surface area contributed by atoms with Crippen LogP contribution in [0.5, 0.6) is 0 Å². The van der Waals surface area contributed by atoms with Crippen molar-refractivity contribution in [1.29, 1.82) is 0 Å². The Hall–Kier alpha value is -2.95. The summed E-state index contributed by atoms with van der Waals surface area (Å²) >= 11 is 0. The summed E-state index contributed by atoms with van der Waals surface area (Å²) in [7, 11) is 0. The third-order valence-corrected chi connectivity index (χ3v) is 5.09. The lowest BCUT2D eigenvalue weighted by molar-refractivity contribution is 0.0954. The number of aromatic nitrogens is 3. The van der Waals surface area contributed by atoms with Crippen LogP contribution >= 0.6 is 0 Å². The Morgan fingerprint density at radius 3 is 2.74 bits per heavy atom. The average Bonchev–Trinajstić information content (AvgIpc) is 3.12. The minimum Gasteiger partial charge on any atom is -0.352 e. The van der Waals surface area contributed by atoms with Crippen molar-refractivity contribution in [3.05, 3.63) is 71.3 Å². The fourth-order valence-corrected chi connectivity index (χ4v) is 3.54. The number of para-hydroxylation sites is 1. The number of nitrogens with one attached hydrogen (secondary N) is 1. The van der Waals surface area contributed by atoms with E-state index in [9.17, 15) is 4.79 Å². The molecule has 0 fully saturated rings. The SMILES string of the molecule is O=C(NCCC1=CCCCC1)c1ccc(Cn2nnc3ccccc32)cc1. The van der Waals surface area contributed by atoms with Crippen LogP contribution < -0.4 is 5.32 Å². The molecule has 27 heavy (non-hydrogen) atoms. The predicted molar refractivity (Wildman–Crippen MR) is 107 cm³/mol. The van der Waals surface area contributed by atoms with Crippen molar-refractivity contribution >= 4 is 16.9 Å². The van der Waals surface area contributed by atoms with Crippen molar-refractivity contribution in [3.8, 4) is 0 Å². The first kappa shape index (κ1) is 17.5. The molecule has 2 aromatic carbocycles. The molecule has 1 aliphatic rings. The average molecular weight is 360 g/mol. The van der Waals surface area contributed by atoms with Crippen molar-refractivity contribution in [2.75, 3.05) is 6.54 Å². The van der Waals surface area contributed by atoms with Crippen LogP contribution in [0.3, 0.4) is 0 Å². The van der Waals surface area contributed by atoms with Crippen LogP contribution in [-0.4, -0.2) is 27.4 Å². The predicted octanol–water partition coefficient (Wildman–Crippen LogP) is 4.10. The Kier molecular flexibility index (Phi) is 5.28. The maximum absolute atomic E-state index is 12.3. The van der Waals surface area contributed by atoms with Gasteiger partial charge in [0, 0.05) is 12.1 Å². The fraction of sp³-hybridized carbons (Fsp3) is 0.318. The van der Waals surface area contributed by atoms with Gasteiger partial charge in [-0.2, -0.15) is 0 Å². The van der Waals surface area contributed by atoms with Gasteiger partial charge in [0.2, 0.25) is 0 Å². The Bertz CT molecular complexity index is 956. The number of amides is 1. The van der Waals surface area contributed by atoms with Crippen LogP contribution in [0.25, 0.3) is 11.0 Å². The minimum absolute atomic E-state index is 0.0100. The second kappa shape index (κ2) is 8.16. The lowest BCUT2D eigenvalue weighted by Crippen LogP contribution is -2.24. The summed E-state index contributed by atoms with van der Waals surface area (Å²) in [5.41, 5.74) is 5.17. The summed E-state index contributed by atoms with van der Waals surface area (Å²) in [4.78, 5) is 12.3. The first-order chi connectivity index (χ1) is 13.3. The Morgan fingerprint density at radius 2 is 1.93 bits per heavy atom. The number of hydrogen-bond acceptors (Lipinski definition) is 3. The summed E-state index contributed by atoms with van der Waals surface area (Å²) in [6.07, 6.45) is 8.24. The van der Waals surface area contributed by atoms with Gasteiger partial charge in [-0.25, -0.2) is 4.68 Å². The lowest BCUT2D eigenvalue weighted by Gasteiger charge is -2.13. The van der Waals surface area contributed by atoms with E-state index in [1.165, 1.54) is 31.3 Å². The Morgan fingerprint density at radius 1 is 1.07 bits per heavy atom. The van der Waals surface area contributed by atoms with Gasteiger partial charge in [-0.3, -0.25) is 4.79 Å². The summed E-state index contributed by atoms with van der Waals surface area (Å²) in [6, 6.07) is 15.6. The van der Waals surface area contributed by atoms with E-state index in [1.54, 1.807) is 0 Å². The molecule has 1 heterocycles. The van der Waals surface area contributed by atoms with Gasteiger partial charge >= 0.3 is 0 Å². The standard InChI is InChI=1S/C22H24N4O/c27-22(23-15-14-17-6-2-1-3-7-17)19-12-10-18(11-13-19)16-26-21-9-5-4-8-20(21)24-25-26/h4-6,8-13H,1-3,7,14-16H2,(H,23,27). The quantitative estimate of drug-likeness (QED) is 0.673. The molecule has 1 aliphatic carbocycles. The van der Waals surface area contributed by atoms with Gasteiger partial charge in [-0.15, -0.1) is 5.10 Å². The Balaban J connectivity index is 1.34. The molecular formula is C22H24N4O. The second-order valence-electron chi connectivity index (χ2n) is 7.05. The van der Waals surface area contributed by atoms with E-state index in [4.69, 9.17) is 0 Å². The molecule has 0 spiro atoms. The van der Waals surface area contributed by atoms with E-state index in [0.717, 1.165) is 23.0 Å². The van der Waals surface area contributed by atoms with Crippen molar-refractivity contribution in [1.82, 2.24) is 20.3 Å².